The van der Waals surface area contributed by atoms with E-state index in [1.807, 2.05) is 6.07 Å². The molecule has 3 rings (SSSR count). The molecule has 124 valence electrons. The largest absolute Gasteiger partial charge is 0.493 e. The van der Waals surface area contributed by atoms with Crippen LogP contribution in [0.25, 0.3) is 0 Å². The molecule has 0 radical (unpaired) electrons. The molecule has 0 N–H and O–H groups in total. The van der Waals surface area contributed by atoms with Gasteiger partial charge in [0.05, 0.1) is 18.7 Å². The number of benzene rings is 1. The number of thioether (sulfide) groups is 1. The van der Waals surface area contributed by atoms with Crippen molar-refractivity contribution in [2.24, 2.45) is 0 Å². The van der Waals surface area contributed by atoms with Gasteiger partial charge in [0, 0.05) is 18.7 Å². The van der Waals surface area contributed by atoms with Gasteiger partial charge in [0.2, 0.25) is 0 Å². The summed E-state index contributed by atoms with van der Waals surface area (Å²) in [6.07, 6.45) is 4.73. The Morgan fingerprint density at radius 1 is 1.17 bits per heavy atom. The van der Waals surface area contributed by atoms with Gasteiger partial charge in [-0.1, -0.05) is 24.2 Å². The first-order valence-corrected chi connectivity index (χ1v) is 9.46. The van der Waals surface area contributed by atoms with Gasteiger partial charge >= 0.3 is 0 Å². The van der Waals surface area contributed by atoms with Crippen LogP contribution in [0.2, 0.25) is 0 Å². The molecule has 0 saturated heterocycles. The zero-order chi connectivity index (χ0) is 16.2. The molecule has 0 saturated carbocycles. The molecule has 0 atom stereocenters. The third-order valence-electron chi connectivity index (χ3n) is 4.00. The van der Waals surface area contributed by atoms with Crippen LogP contribution >= 0.6 is 27.7 Å². The van der Waals surface area contributed by atoms with Crippen LogP contribution in [0, 0.1) is 0 Å². The number of aromatic nitrogens is 3. The first-order valence-electron chi connectivity index (χ1n) is 7.68. The fourth-order valence-corrected chi connectivity index (χ4v) is 4.54. The van der Waals surface area contributed by atoms with Crippen molar-refractivity contribution in [2.45, 2.75) is 43.1 Å². The molecule has 0 bridgehead atoms. The lowest BCUT2D eigenvalue weighted by molar-refractivity contribution is 0.353. The average Bonchev–Trinajstić information content (AvgIpc) is 2.80. The van der Waals surface area contributed by atoms with Crippen molar-refractivity contribution in [3.63, 3.8) is 0 Å². The van der Waals surface area contributed by atoms with Crippen molar-refractivity contribution < 1.29 is 9.47 Å². The van der Waals surface area contributed by atoms with Gasteiger partial charge < -0.3 is 14.0 Å². The number of rotatable bonds is 5. The number of nitrogens with zero attached hydrogens (tertiary/aromatic N) is 3. The predicted octanol–water partition coefficient (Wildman–Crippen LogP) is 4.08. The molecule has 5 nitrogen and oxygen atoms in total. The zero-order valence-corrected chi connectivity index (χ0v) is 15.7. The van der Waals surface area contributed by atoms with Gasteiger partial charge in [-0.15, -0.1) is 10.2 Å². The van der Waals surface area contributed by atoms with E-state index in [1.165, 1.54) is 19.3 Å². The van der Waals surface area contributed by atoms with E-state index in [0.29, 0.717) is 0 Å². The first kappa shape index (κ1) is 16.6. The van der Waals surface area contributed by atoms with Crippen molar-refractivity contribution in [3.05, 3.63) is 28.0 Å². The topological polar surface area (TPSA) is 49.2 Å². The molecular weight excluding hydrogens is 378 g/mol. The Morgan fingerprint density at radius 2 is 2.04 bits per heavy atom. The highest BCUT2D eigenvalue weighted by Gasteiger charge is 2.17. The summed E-state index contributed by atoms with van der Waals surface area (Å²) >= 11 is 5.34. The molecule has 1 aromatic carbocycles. The number of halogens is 1. The van der Waals surface area contributed by atoms with E-state index in [4.69, 9.17) is 9.47 Å². The lowest BCUT2D eigenvalue weighted by atomic mass is 10.2. The van der Waals surface area contributed by atoms with Crippen LogP contribution < -0.4 is 9.47 Å². The molecule has 1 aliphatic rings. The van der Waals surface area contributed by atoms with Crippen LogP contribution in [0.4, 0.5) is 0 Å². The van der Waals surface area contributed by atoms with Gasteiger partial charge in [-0.3, -0.25) is 0 Å². The van der Waals surface area contributed by atoms with E-state index < -0.39 is 0 Å². The summed E-state index contributed by atoms with van der Waals surface area (Å²) in [5.74, 6) is 3.38. The Balaban J connectivity index is 1.78. The third-order valence-corrected chi connectivity index (χ3v) is 5.88. The second-order valence-electron chi connectivity index (χ2n) is 5.42. The number of hydrogen-bond acceptors (Lipinski definition) is 5. The number of fused-ring (bicyclic) bond motifs is 1. The summed E-state index contributed by atoms with van der Waals surface area (Å²) < 4.78 is 14.0. The Morgan fingerprint density at radius 3 is 2.83 bits per heavy atom. The summed E-state index contributed by atoms with van der Waals surface area (Å²) in [5.41, 5.74) is 1.15. The van der Waals surface area contributed by atoms with Crippen LogP contribution in [0.1, 0.15) is 30.7 Å². The Bertz CT molecular complexity index is 690. The monoisotopic (exact) mass is 397 g/mol. The molecular formula is C16H20BrN3O2S. The quantitative estimate of drug-likeness (QED) is 0.711. The highest BCUT2D eigenvalue weighted by Crippen LogP contribution is 2.39. The van der Waals surface area contributed by atoms with Crippen molar-refractivity contribution in [1.82, 2.24) is 14.8 Å². The van der Waals surface area contributed by atoms with E-state index in [1.54, 1.807) is 26.0 Å². The van der Waals surface area contributed by atoms with E-state index in [2.05, 4.69) is 36.8 Å². The molecule has 0 fully saturated rings. The minimum absolute atomic E-state index is 0.726. The Kier molecular flexibility index (Phi) is 5.48. The summed E-state index contributed by atoms with van der Waals surface area (Å²) in [4.78, 5) is 0. The number of hydrogen-bond donors (Lipinski definition) is 0. The highest BCUT2D eigenvalue weighted by atomic mass is 79.9. The number of methoxy groups -OCH3 is 2. The smallest absolute Gasteiger partial charge is 0.191 e. The number of ether oxygens (including phenoxy) is 2. The van der Waals surface area contributed by atoms with Gasteiger partial charge in [-0.25, -0.2) is 0 Å². The van der Waals surface area contributed by atoms with Crippen molar-refractivity contribution in [2.75, 3.05) is 14.2 Å². The fraction of sp³-hybridized carbons (Fsp3) is 0.500. The maximum Gasteiger partial charge on any atom is 0.191 e. The minimum Gasteiger partial charge on any atom is -0.493 e. The molecule has 1 aromatic heterocycles. The van der Waals surface area contributed by atoms with E-state index in [9.17, 15) is 0 Å². The number of aryl methyl sites for hydroxylation is 1. The Hall–Kier alpha value is -1.21. The van der Waals surface area contributed by atoms with Crippen molar-refractivity contribution in [1.29, 1.82) is 0 Å². The van der Waals surface area contributed by atoms with Gasteiger partial charge in [-0.05, 0) is 40.4 Å². The molecule has 0 spiro atoms. The lowest BCUT2D eigenvalue weighted by Crippen LogP contribution is -2.02. The maximum absolute atomic E-state index is 5.44. The SMILES string of the molecule is COc1ccc(CSc2nnc3n2CCCCC3)c(Br)c1OC. The van der Waals surface area contributed by atoms with Gasteiger partial charge in [0.25, 0.3) is 0 Å². The normalized spacial score (nSPS) is 14.2. The Labute approximate surface area is 148 Å². The van der Waals surface area contributed by atoms with Crippen LogP contribution in [-0.4, -0.2) is 29.0 Å². The van der Waals surface area contributed by atoms with E-state index in [-0.39, 0.29) is 0 Å². The minimum atomic E-state index is 0.726. The molecule has 2 heterocycles. The van der Waals surface area contributed by atoms with Crippen LogP contribution in [0.15, 0.2) is 21.8 Å². The highest BCUT2D eigenvalue weighted by molar-refractivity contribution is 9.10. The fourth-order valence-electron chi connectivity index (χ4n) is 2.75. The van der Waals surface area contributed by atoms with Crippen molar-refractivity contribution >= 4 is 27.7 Å². The summed E-state index contributed by atoms with van der Waals surface area (Å²) in [5, 5.41) is 9.72. The maximum atomic E-state index is 5.44. The third kappa shape index (κ3) is 3.50. The second-order valence-corrected chi connectivity index (χ2v) is 7.16. The van der Waals surface area contributed by atoms with Crippen LogP contribution in [0.5, 0.6) is 11.5 Å². The van der Waals surface area contributed by atoms with Crippen LogP contribution in [-0.2, 0) is 18.7 Å². The standard InChI is InChI=1S/C16H20BrN3O2S/c1-21-12-8-7-11(14(17)15(12)22-2)10-23-16-19-18-13-6-4-3-5-9-20(13)16/h7-8H,3-6,9-10H2,1-2H3. The first-order chi connectivity index (χ1) is 11.2. The zero-order valence-electron chi connectivity index (χ0n) is 13.3. The second kappa shape index (κ2) is 7.57. The molecule has 23 heavy (non-hydrogen) atoms. The average molecular weight is 398 g/mol. The van der Waals surface area contributed by atoms with E-state index in [0.717, 1.165) is 51.2 Å². The molecule has 2 aromatic rings. The van der Waals surface area contributed by atoms with Gasteiger partial charge in [0.1, 0.15) is 5.82 Å². The summed E-state index contributed by atoms with van der Waals surface area (Å²) in [7, 11) is 3.29. The van der Waals surface area contributed by atoms with Gasteiger partial charge in [-0.2, -0.15) is 0 Å². The molecule has 0 amide bonds. The van der Waals surface area contributed by atoms with Crippen LogP contribution in [0.3, 0.4) is 0 Å². The molecule has 0 aliphatic carbocycles. The predicted molar refractivity (Wildman–Crippen MR) is 94.4 cm³/mol. The van der Waals surface area contributed by atoms with Crippen molar-refractivity contribution in [3.8, 4) is 11.5 Å². The lowest BCUT2D eigenvalue weighted by Gasteiger charge is -2.13. The summed E-state index contributed by atoms with van der Waals surface area (Å²) in [6.45, 7) is 1.03. The van der Waals surface area contributed by atoms with Gasteiger partial charge in [0.15, 0.2) is 16.7 Å². The van der Waals surface area contributed by atoms with E-state index >= 15 is 0 Å². The molecule has 0 unspecified atom stereocenters. The summed E-state index contributed by atoms with van der Waals surface area (Å²) in [6, 6.07) is 3.99. The molecule has 1 aliphatic heterocycles. The molecule has 7 heteroatoms.